The van der Waals surface area contributed by atoms with Gasteiger partial charge in [-0.3, -0.25) is 10.1 Å². The molecular weight excluding hydrogens is 477 g/mol. The van der Waals surface area contributed by atoms with Gasteiger partial charge in [0.05, 0.1) is 11.1 Å². The highest BCUT2D eigenvalue weighted by atomic mass is 19.1. The van der Waals surface area contributed by atoms with Crippen LogP contribution in [-0.2, 0) is 4.79 Å². The van der Waals surface area contributed by atoms with Crippen LogP contribution in [0.1, 0.15) is 30.9 Å². The van der Waals surface area contributed by atoms with Crippen molar-refractivity contribution in [2.75, 3.05) is 38.1 Å². The second kappa shape index (κ2) is 9.40. The highest BCUT2D eigenvalue weighted by Crippen LogP contribution is 2.52. The number of rotatable bonds is 4. The highest BCUT2D eigenvalue weighted by molar-refractivity contribution is 5.97. The Kier molecular flexibility index (Phi) is 6.24. The molecule has 1 unspecified atom stereocenters. The van der Waals surface area contributed by atoms with Crippen LogP contribution in [0.2, 0.25) is 0 Å². The van der Waals surface area contributed by atoms with Gasteiger partial charge >= 0.3 is 6.03 Å². The van der Waals surface area contributed by atoms with Crippen LogP contribution < -0.4 is 20.7 Å². The number of halogens is 1. The number of pyridine rings is 1. The number of aromatic nitrogens is 3. The third-order valence-corrected chi connectivity index (χ3v) is 6.97. The number of imide groups is 1. The summed E-state index contributed by atoms with van der Waals surface area (Å²) in [5, 5.41) is 2.15. The lowest BCUT2D eigenvalue weighted by Crippen LogP contribution is -2.46. The van der Waals surface area contributed by atoms with E-state index in [0.29, 0.717) is 28.3 Å². The molecule has 2 aliphatic heterocycles. The van der Waals surface area contributed by atoms with Gasteiger partial charge in [0.15, 0.2) is 11.6 Å². The van der Waals surface area contributed by atoms with E-state index in [9.17, 15) is 14.0 Å². The van der Waals surface area contributed by atoms with E-state index in [1.165, 1.54) is 6.07 Å². The minimum absolute atomic E-state index is 0.00809. The van der Waals surface area contributed by atoms with Gasteiger partial charge < -0.3 is 20.3 Å². The SMILES string of the molecule is CN1CCN(c2ncc(-c3ccc4c(n3)Oc3c(F)cccc3C4C(C)(C)C(=O)NC(N)=O)cn2)CC1. The molecule has 10 nitrogen and oxygen atoms in total. The molecular formula is C26H28FN7O3. The van der Waals surface area contributed by atoms with Gasteiger partial charge in [0.1, 0.15) is 0 Å². The lowest BCUT2D eigenvalue weighted by atomic mass is 9.69. The summed E-state index contributed by atoms with van der Waals surface area (Å²) in [4.78, 5) is 42.5. The van der Waals surface area contributed by atoms with Crippen molar-refractivity contribution in [2.24, 2.45) is 11.1 Å². The minimum atomic E-state index is -1.19. The molecule has 0 saturated carbocycles. The Morgan fingerprint density at radius 2 is 1.78 bits per heavy atom. The zero-order valence-corrected chi connectivity index (χ0v) is 20.9. The van der Waals surface area contributed by atoms with Crippen LogP contribution in [-0.4, -0.2) is 65.0 Å². The number of benzene rings is 1. The number of likely N-dealkylation sites (N-methyl/N-ethyl adjacent to an activating group) is 1. The zero-order chi connectivity index (χ0) is 26.3. The van der Waals surface area contributed by atoms with Gasteiger partial charge in [0.2, 0.25) is 17.7 Å². The van der Waals surface area contributed by atoms with E-state index in [1.54, 1.807) is 50.5 Å². The summed E-state index contributed by atoms with van der Waals surface area (Å²) in [6, 6.07) is 7.16. The number of urea groups is 1. The van der Waals surface area contributed by atoms with Crippen LogP contribution >= 0.6 is 0 Å². The van der Waals surface area contributed by atoms with E-state index >= 15 is 0 Å². The smallest absolute Gasteiger partial charge is 0.318 e. The number of amides is 3. The van der Waals surface area contributed by atoms with Crippen molar-refractivity contribution in [3.63, 3.8) is 0 Å². The van der Waals surface area contributed by atoms with Crippen molar-refractivity contribution in [1.29, 1.82) is 0 Å². The van der Waals surface area contributed by atoms with Gasteiger partial charge in [-0.15, -0.1) is 0 Å². The first kappa shape index (κ1) is 24.6. The molecule has 3 aromatic rings. The molecule has 0 radical (unpaired) electrons. The van der Waals surface area contributed by atoms with Crippen molar-refractivity contribution in [3.05, 3.63) is 59.7 Å². The quantitative estimate of drug-likeness (QED) is 0.554. The number of hydrogen-bond donors (Lipinski definition) is 2. The number of nitrogens with zero attached hydrogens (tertiary/aromatic N) is 5. The molecule has 5 rings (SSSR count). The van der Waals surface area contributed by atoms with Crippen LogP contribution in [0.15, 0.2) is 42.7 Å². The van der Waals surface area contributed by atoms with Crippen molar-refractivity contribution in [3.8, 4) is 22.9 Å². The van der Waals surface area contributed by atoms with Crippen LogP contribution in [0.3, 0.4) is 0 Å². The molecule has 2 aliphatic rings. The molecule has 0 bridgehead atoms. The van der Waals surface area contributed by atoms with Gasteiger partial charge in [-0.25, -0.2) is 24.1 Å². The molecule has 0 spiro atoms. The Hall–Kier alpha value is -4.12. The third kappa shape index (κ3) is 4.57. The molecule has 192 valence electrons. The first-order valence-electron chi connectivity index (χ1n) is 12.0. The largest absolute Gasteiger partial charge is 0.435 e. The summed E-state index contributed by atoms with van der Waals surface area (Å²) in [6.45, 7) is 6.93. The standard InChI is InChI=1S/C26H28FN7O3/c1-26(2,23(35)32-24(28)36)20-16-5-4-6-18(27)21(16)37-22-17(20)7-8-19(31-22)15-13-29-25(30-14-15)34-11-9-33(3)10-12-34/h4-8,13-14,20H,9-12H2,1-3H3,(H3,28,32,35,36). The first-order chi connectivity index (χ1) is 17.6. The van der Waals surface area contributed by atoms with Gasteiger partial charge in [-0.05, 0) is 19.2 Å². The lowest BCUT2D eigenvalue weighted by molar-refractivity contribution is -0.128. The molecule has 3 amide bonds. The molecule has 1 aromatic carbocycles. The maximum atomic E-state index is 14.9. The number of para-hydroxylation sites is 1. The van der Waals surface area contributed by atoms with E-state index in [4.69, 9.17) is 10.5 Å². The molecule has 0 aliphatic carbocycles. The molecule has 1 saturated heterocycles. The monoisotopic (exact) mass is 505 g/mol. The average Bonchev–Trinajstić information content (AvgIpc) is 2.87. The Balaban J connectivity index is 1.51. The van der Waals surface area contributed by atoms with E-state index in [0.717, 1.165) is 26.2 Å². The predicted octanol–water partition coefficient (Wildman–Crippen LogP) is 2.89. The van der Waals surface area contributed by atoms with Crippen LogP contribution in [0.5, 0.6) is 11.6 Å². The second-order valence-corrected chi connectivity index (χ2v) is 9.89. The Morgan fingerprint density at radius 3 is 2.46 bits per heavy atom. The van der Waals surface area contributed by atoms with Crippen molar-refractivity contribution in [2.45, 2.75) is 19.8 Å². The van der Waals surface area contributed by atoms with Crippen molar-refractivity contribution < 1.29 is 18.7 Å². The van der Waals surface area contributed by atoms with Crippen molar-refractivity contribution in [1.82, 2.24) is 25.2 Å². The molecule has 11 heteroatoms. The van der Waals surface area contributed by atoms with E-state index in [2.05, 4.69) is 37.1 Å². The Bertz CT molecular complexity index is 1350. The number of hydrogen-bond acceptors (Lipinski definition) is 8. The topological polar surface area (TPSA) is 127 Å². The fourth-order valence-corrected chi connectivity index (χ4v) is 4.84. The van der Waals surface area contributed by atoms with E-state index < -0.39 is 29.1 Å². The molecule has 3 N–H and O–H groups in total. The number of piperazine rings is 1. The fourth-order valence-electron chi connectivity index (χ4n) is 4.84. The molecule has 2 aromatic heterocycles. The second-order valence-electron chi connectivity index (χ2n) is 9.89. The van der Waals surface area contributed by atoms with Crippen molar-refractivity contribution >= 4 is 17.9 Å². The summed E-state index contributed by atoms with van der Waals surface area (Å²) in [7, 11) is 2.09. The Labute approximate surface area is 213 Å². The number of carbonyl (C=O) groups is 2. The van der Waals surface area contributed by atoms with Crippen LogP contribution in [0.25, 0.3) is 11.3 Å². The average molecular weight is 506 g/mol. The highest BCUT2D eigenvalue weighted by Gasteiger charge is 2.45. The first-order valence-corrected chi connectivity index (χ1v) is 12.0. The predicted molar refractivity (Wildman–Crippen MR) is 135 cm³/mol. The summed E-state index contributed by atoms with van der Waals surface area (Å²) in [6.07, 6.45) is 3.41. The van der Waals surface area contributed by atoms with Gasteiger partial charge in [-0.2, -0.15) is 0 Å². The minimum Gasteiger partial charge on any atom is -0.435 e. The third-order valence-electron chi connectivity index (χ3n) is 6.97. The summed E-state index contributed by atoms with van der Waals surface area (Å²) in [5.74, 6) is -1.01. The van der Waals surface area contributed by atoms with Crippen LogP contribution in [0.4, 0.5) is 15.1 Å². The summed E-state index contributed by atoms with van der Waals surface area (Å²) in [5.41, 5.74) is 6.29. The molecule has 37 heavy (non-hydrogen) atoms. The van der Waals surface area contributed by atoms with Gasteiger partial charge in [0.25, 0.3) is 0 Å². The number of carbonyl (C=O) groups excluding carboxylic acids is 2. The number of fused-ring (bicyclic) bond motifs is 2. The molecule has 1 fully saturated rings. The maximum absolute atomic E-state index is 14.9. The number of primary amides is 1. The molecule has 4 heterocycles. The Morgan fingerprint density at radius 1 is 1.08 bits per heavy atom. The van der Waals surface area contributed by atoms with Gasteiger partial charge in [0, 0.05) is 61.2 Å². The normalized spacial score (nSPS) is 17.4. The van der Waals surface area contributed by atoms with Gasteiger partial charge in [-0.1, -0.05) is 32.0 Å². The number of nitrogens with one attached hydrogen (secondary N) is 1. The molecule has 1 atom stereocenters. The maximum Gasteiger partial charge on any atom is 0.318 e. The summed E-state index contributed by atoms with van der Waals surface area (Å²) >= 11 is 0. The summed E-state index contributed by atoms with van der Waals surface area (Å²) < 4.78 is 20.8. The van der Waals surface area contributed by atoms with E-state index in [-0.39, 0.29) is 11.6 Å². The number of ether oxygens (including phenoxy) is 1. The number of nitrogens with two attached hydrogens (primary N) is 1. The van der Waals surface area contributed by atoms with E-state index in [1.807, 2.05) is 0 Å². The zero-order valence-electron chi connectivity index (χ0n) is 20.9. The van der Waals surface area contributed by atoms with Crippen LogP contribution in [0, 0.1) is 11.2 Å². The lowest BCUT2D eigenvalue weighted by Gasteiger charge is -2.37. The fraction of sp³-hybridized carbons (Fsp3) is 0.346. The number of anilines is 1.